The number of likely N-dealkylation sites (tertiary alicyclic amines) is 1. The lowest BCUT2D eigenvalue weighted by Crippen LogP contribution is -2.55. The molecule has 1 aliphatic rings. The van der Waals surface area contributed by atoms with E-state index >= 15 is 0 Å². The quantitative estimate of drug-likeness (QED) is 0.722. The fraction of sp³-hybridized carbons (Fsp3) is 0.381. The van der Waals surface area contributed by atoms with Crippen LogP contribution in [-0.4, -0.2) is 52.5 Å². The Labute approximate surface area is 158 Å². The highest BCUT2D eigenvalue weighted by atomic mass is 16.5. The van der Waals surface area contributed by atoms with Crippen molar-refractivity contribution in [1.29, 1.82) is 0 Å². The fourth-order valence-electron chi connectivity index (χ4n) is 3.76. The molecule has 0 aromatic heterocycles. The first kappa shape index (κ1) is 19.2. The number of phenols is 1. The molecule has 1 fully saturated rings. The van der Waals surface area contributed by atoms with E-state index in [0.717, 1.165) is 11.1 Å². The predicted molar refractivity (Wildman–Crippen MR) is 101 cm³/mol. The standard InChI is InChI=1S/C21H25NO5/c1-27-18-8-7-16(11-17(18)23)13-22-10-9-21(20(25)26,19(24)14-22)12-15-5-3-2-4-6-15/h2-8,11,19,23-24H,9-10,12-14H2,1H3,(H,25,26)/t19-,21+/m0/s1. The number of ether oxygens (including phenoxy) is 1. The van der Waals surface area contributed by atoms with Gasteiger partial charge in [-0.05, 0) is 42.6 Å². The first-order valence-corrected chi connectivity index (χ1v) is 8.98. The molecule has 0 spiro atoms. The lowest BCUT2D eigenvalue weighted by Gasteiger charge is -2.43. The molecule has 27 heavy (non-hydrogen) atoms. The number of carbonyl (C=O) groups is 1. The van der Waals surface area contributed by atoms with Gasteiger partial charge < -0.3 is 20.1 Å². The van der Waals surface area contributed by atoms with Crippen LogP contribution in [0.2, 0.25) is 0 Å². The van der Waals surface area contributed by atoms with Gasteiger partial charge in [0.1, 0.15) is 5.41 Å². The van der Waals surface area contributed by atoms with E-state index in [1.165, 1.54) is 7.11 Å². The molecule has 6 nitrogen and oxygen atoms in total. The number of aliphatic carboxylic acids is 1. The van der Waals surface area contributed by atoms with E-state index in [2.05, 4.69) is 0 Å². The number of β-amino-alcohol motifs (C(OH)–C–C–N with tert-alkyl or cyclic N) is 1. The molecule has 1 aliphatic heterocycles. The van der Waals surface area contributed by atoms with Gasteiger partial charge in [0.2, 0.25) is 0 Å². The van der Waals surface area contributed by atoms with Crippen LogP contribution in [0.1, 0.15) is 17.5 Å². The second-order valence-corrected chi connectivity index (χ2v) is 7.13. The highest BCUT2D eigenvalue weighted by molar-refractivity contribution is 5.76. The van der Waals surface area contributed by atoms with E-state index in [-0.39, 0.29) is 12.3 Å². The lowest BCUT2D eigenvalue weighted by molar-refractivity contribution is -0.163. The SMILES string of the molecule is COc1ccc(CN2CC[C@](Cc3ccccc3)(C(=O)O)[C@@H](O)C2)cc1O. The minimum Gasteiger partial charge on any atom is -0.504 e. The summed E-state index contributed by atoms with van der Waals surface area (Å²) in [5.41, 5.74) is 0.610. The zero-order valence-electron chi connectivity index (χ0n) is 15.3. The Morgan fingerprint density at radius 1 is 1.22 bits per heavy atom. The zero-order valence-corrected chi connectivity index (χ0v) is 15.3. The van der Waals surface area contributed by atoms with Crippen LogP contribution < -0.4 is 4.74 Å². The number of aliphatic hydroxyl groups excluding tert-OH is 1. The van der Waals surface area contributed by atoms with Crippen LogP contribution in [0.15, 0.2) is 48.5 Å². The average molecular weight is 371 g/mol. The van der Waals surface area contributed by atoms with Gasteiger partial charge in [0.05, 0.1) is 13.2 Å². The van der Waals surface area contributed by atoms with Gasteiger partial charge in [0, 0.05) is 13.1 Å². The Morgan fingerprint density at radius 2 is 1.96 bits per heavy atom. The van der Waals surface area contributed by atoms with E-state index in [1.807, 2.05) is 41.3 Å². The van der Waals surface area contributed by atoms with Crippen molar-refractivity contribution in [1.82, 2.24) is 4.90 Å². The molecule has 6 heteroatoms. The van der Waals surface area contributed by atoms with Gasteiger partial charge in [0.15, 0.2) is 11.5 Å². The molecule has 0 saturated carbocycles. The Hall–Kier alpha value is -2.57. The van der Waals surface area contributed by atoms with Crippen LogP contribution in [0.4, 0.5) is 0 Å². The summed E-state index contributed by atoms with van der Waals surface area (Å²) in [7, 11) is 1.49. The number of rotatable bonds is 6. The number of carboxylic acid groups (broad SMARTS) is 1. The average Bonchev–Trinajstić information content (AvgIpc) is 2.65. The topological polar surface area (TPSA) is 90.2 Å². The largest absolute Gasteiger partial charge is 0.504 e. The third-order valence-corrected chi connectivity index (χ3v) is 5.38. The molecule has 2 atom stereocenters. The molecule has 2 aromatic rings. The predicted octanol–water partition coefficient (Wildman–Crippen LogP) is 2.28. The molecule has 0 amide bonds. The maximum Gasteiger partial charge on any atom is 0.312 e. The fourth-order valence-corrected chi connectivity index (χ4v) is 3.76. The van der Waals surface area contributed by atoms with Crippen LogP contribution in [0, 0.1) is 5.41 Å². The van der Waals surface area contributed by atoms with E-state index in [1.54, 1.807) is 12.1 Å². The molecule has 2 aromatic carbocycles. The third-order valence-electron chi connectivity index (χ3n) is 5.38. The second kappa shape index (κ2) is 7.98. The maximum absolute atomic E-state index is 12.0. The molecule has 0 aliphatic carbocycles. The summed E-state index contributed by atoms with van der Waals surface area (Å²) in [4.78, 5) is 14.1. The summed E-state index contributed by atoms with van der Waals surface area (Å²) in [5.74, 6) is -0.484. The highest BCUT2D eigenvalue weighted by Gasteiger charge is 2.48. The van der Waals surface area contributed by atoms with Gasteiger partial charge in [-0.3, -0.25) is 9.69 Å². The molecule has 1 heterocycles. The number of benzene rings is 2. The number of hydrogen-bond donors (Lipinski definition) is 3. The van der Waals surface area contributed by atoms with Gasteiger partial charge in [-0.15, -0.1) is 0 Å². The summed E-state index contributed by atoms with van der Waals surface area (Å²) in [6.45, 7) is 1.35. The van der Waals surface area contributed by atoms with Gasteiger partial charge in [-0.25, -0.2) is 0 Å². The molecular formula is C21H25NO5. The molecule has 144 valence electrons. The molecule has 3 rings (SSSR count). The number of hydrogen-bond acceptors (Lipinski definition) is 5. The normalized spacial score (nSPS) is 23.1. The lowest BCUT2D eigenvalue weighted by atomic mass is 9.71. The van der Waals surface area contributed by atoms with E-state index in [4.69, 9.17) is 4.74 Å². The number of phenolic OH excluding ortho intramolecular Hbond substituents is 1. The van der Waals surface area contributed by atoms with Gasteiger partial charge in [0.25, 0.3) is 0 Å². The Kier molecular flexibility index (Phi) is 5.68. The molecular weight excluding hydrogens is 346 g/mol. The van der Waals surface area contributed by atoms with Crippen LogP contribution in [0.5, 0.6) is 11.5 Å². The summed E-state index contributed by atoms with van der Waals surface area (Å²) in [6.07, 6.45) is -0.307. The van der Waals surface area contributed by atoms with E-state index in [0.29, 0.717) is 31.7 Å². The third kappa shape index (κ3) is 4.07. The van der Waals surface area contributed by atoms with E-state index < -0.39 is 17.5 Å². The number of nitrogens with zero attached hydrogens (tertiary/aromatic N) is 1. The molecule has 0 unspecified atom stereocenters. The first-order chi connectivity index (χ1) is 12.9. The second-order valence-electron chi connectivity index (χ2n) is 7.13. The maximum atomic E-state index is 12.0. The Morgan fingerprint density at radius 3 is 2.56 bits per heavy atom. The van der Waals surface area contributed by atoms with Crippen LogP contribution in [0.3, 0.4) is 0 Å². The highest BCUT2D eigenvalue weighted by Crippen LogP contribution is 2.37. The Bertz CT molecular complexity index is 794. The molecule has 0 radical (unpaired) electrons. The van der Waals surface area contributed by atoms with Crippen molar-refractivity contribution in [3.63, 3.8) is 0 Å². The van der Waals surface area contributed by atoms with Gasteiger partial charge in [-0.1, -0.05) is 36.4 Å². The number of carboxylic acids is 1. The van der Waals surface area contributed by atoms with Crippen LogP contribution in [-0.2, 0) is 17.8 Å². The number of methoxy groups -OCH3 is 1. The van der Waals surface area contributed by atoms with Crippen molar-refractivity contribution in [2.75, 3.05) is 20.2 Å². The summed E-state index contributed by atoms with van der Waals surface area (Å²) in [6, 6.07) is 14.6. The summed E-state index contributed by atoms with van der Waals surface area (Å²) < 4.78 is 5.05. The number of aromatic hydroxyl groups is 1. The van der Waals surface area contributed by atoms with Crippen molar-refractivity contribution >= 4 is 5.97 Å². The minimum absolute atomic E-state index is 0.0662. The van der Waals surface area contributed by atoms with Gasteiger partial charge >= 0.3 is 5.97 Å². The first-order valence-electron chi connectivity index (χ1n) is 8.98. The van der Waals surface area contributed by atoms with Crippen LogP contribution in [0.25, 0.3) is 0 Å². The number of piperidine rings is 1. The van der Waals surface area contributed by atoms with Gasteiger partial charge in [-0.2, -0.15) is 0 Å². The monoisotopic (exact) mass is 371 g/mol. The van der Waals surface area contributed by atoms with Crippen LogP contribution >= 0.6 is 0 Å². The zero-order chi connectivity index (χ0) is 19.4. The molecule has 0 bridgehead atoms. The van der Waals surface area contributed by atoms with Crippen molar-refractivity contribution in [3.05, 3.63) is 59.7 Å². The molecule has 3 N–H and O–H groups in total. The van der Waals surface area contributed by atoms with Crippen molar-refractivity contribution in [3.8, 4) is 11.5 Å². The smallest absolute Gasteiger partial charge is 0.312 e. The van der Waals surface area contributed by atoms with E-state index in [9.17, 15) is 20.1 Å². The van der Waals surface area contributed by atoms with Crippen molar-refractivity contribution in [2.45, 2.75) is 25.5 Å². The number of aliphatic hydroxyl groups is 1. The molecule has 1 saturated heterocycles. The van der Waals surface area contributed by atoms with Crippen molar-refractivity contribution in [2.24, 2.45) is 5.41 Å². The summed E-state index contributed by atoms with van der Waals surface area (Å²) in [5, 5.41) is 30.5. The summed E-state index contributed by atoms with van der Waals surface area (Å²) >= 11 is 0. The Balaban J connectivity index is 1.71. The minimum atomic E-state index is -1.18. The van der Waals surface area contributed by atoms with Crippen molar-refractivity contribution < 1.29 is 24.9 Å².